The number of amidine groups is 1. The van der Waals surface area contributed by atoms with E-state index in [1.54, 1.807) is 57.4 Å². The van der Waals surface area contributed by atoms with E-state index in [1.807, 2.05) is 0 Å². The lowest BCUT2D eigenvalue weighted by atomic mass is 9.96. The Morgan fingerprint density at radius 3 is 2.19 bits per heavy atom. The third-order valence-corrected chi connectivity index (χ3v) is 6.32. The Hall–Kier alpha value is -3.86. The minimum Gasteiger partial charge on any atom is -0.497 e. The summed E-state index contributed by atoms with van der Waals surface area (Å²) in [5.41, 5.74) is 2.22. The van der Waals surface area contributed by atoms with E-state index in [0.717, 1.165) is 0 Å². The predicted octanol–water partition coefficient (Wildman–Crippen LogP) is 3.93. The molecule has 3 rings (SSSR count). The SMILES string of the molecule is CCOC(=O)C1=C(C)NC(SCC(=O)Nc2ccc(OC)cc2)=N[C@H]1c1cc(OC)c(OC)c(OC)c1. The molecule has 2 aromatic rings. The van der Waals surface area contributed by atoms with Gasteiger partial charge in [-0.1, -0.05) is 11.8 Å². The molecule has 0 saturated carbocycles. The van der Waals surface area contributed by atoms with Gasteiger partial charge in [0.1, 0.15) is 11.8 Å². The lowest BCUT2D eigenvalue weighted by Gasteiger charge is -2.26. The van der Waals surface area contributed by atoms with Gasteiger partial charge in [-0.2, -0.15) is 0 Å². The van der Waals surface area contributed by atoms with E-state index in [4.69, 9.17) is 28.7 Å². The van der Waals surface area contributed by atoms with Crippen molar-refractivity contribution in [2.45, 2.75) is 19.9 Å². The number of hydrogen-bond acceptors (Lipinski definition) is 10. The number of benzene rings is 2. The van der Waals surface area contributed by atoms with Crippen LogP contribution in [0.15, 0.2) is 52.7 Å². The van der Waals surface area contributed by atoms with Gasteiger partial charge in [0, 0.05) is 11.4 Å². The summed E-state index contributed by atoms with van der Waals surface area (Å²) in [5, 5.41) is 6.45. The van der Waals surface area contributed by atoms with Crippen LogP contribution >= 0.6 is 11.8 Å². The molecule has 1 aliphatic rings. The van der Waals surface area contributed by atoms with Crippen LogP contribution in [-0.4, -0.2) is 57.8 Å². The zero-order valence-corrected chi connectivity index (χ0v) is 22.5. The van der Waals surface area contributed by atoms with Crippen molar-refractivity contribution in [3.8, 4) is 23.0 Å². The summed E-state index contributed by atoms with van der Waals surface area (Å²) in [6.07, 6.45) is 0. The van der Waals surface area contributed by atoms with Crippen LogP contribution in [0.1, 0.15) is 25.5 Å². The van der Waals surface area contributed by atoms with Crippen molar-refractivity contribution >= 4 is 34.5 Å². The number of carbonyl (C=O) groups excluding carboxylic acids is 2. The third-order valence-electron chi connectivity index (χ3n) is 5.43. The number of aliphatic imine (C=N–C) groups is 1. The zero-order chi connectivity index (χ0) is 26.9. The third kappa shape index (κ3) is 6.67. The van der Waals surface area contributed by atoms with Crippen molar-refractivity contribution in [1.29, 1.82) is 0 Å². The normalized spacial score (nSPS) is 14.8. The van der Waals surface area contributed by atoms with Crippen molar-refractivity contribution in [1.82, 2.24) is 5.32 Å². The fourth-order valence-electron chi connectivity index (χ4n) is 3.70. The number of amides is 1. The number of carbonyl (C=O) groups is 2. The van der Waals surface area contributed by atoms with Crippen LogP contribution in [0, 0.1) is 0 Å². The fraction of sp³-hybridized carbons (Fsp3) is 0.346. The first-order valence-corrected chi connectivity index (χ1v) is 12.4. The van der Waals surface area contributed by atoms with Crippen LogP contribution in [-0.2, 0) is 14.3 Å². The van der Waals surface area contributed by atoms with Gasteiger partial charge in [0.15, 0.2) is 16.7 Å². The Balaban J connectivity index is 1.88. The molecule has 2 aromatic carbocycles. The highest BCUT2D eigenvalue weighted by molar-refractivity contribution is 8.14. The predicted molar refractivity (Wildman–Crippen MR) is 143 cm³/mol. The van der Waals surface area contributed by atoms with E-state index < -0.39 is 12.0 Å². The molecule has 198 valence electrons. The number of hydrogen-bond donors (Lipinski definition) is 2. The number of methoxy groups -OCH3 is 4. The number of nitrogens with one attached hydrogen (secondary N) is 2. The van der Waals surface area contributed by atoms with Gasteiger partial charge in [0.05, 0.1) is 46.4 Å². The Bertz CT molecular complexity index is 1170. The Labute approximate surface area is 220 Å². The monoisotopic (exact) mass is 529 g/mol. The second-order valence-corrected chi connectivity index (χ2v) is 8.71. The topological polar surface area (TPSA) is 117 Å². The minimum absolute atomic E-state index is 0.0991. The van der Waals surface area contributed by atoms with Gasteiger partial charge in [-0.05, 0) is 55.8 Å². The maximum absolute atomic E-state index is 12.9. The van der Waals surface area contributed by atoms with Gasteiger partial charge in [0.25, 0.3) is 0 Å². The number of nitrogens with zero attached hydrogens (tertiary/aromatic N) is 1. The summed E-state index contributed by atoms with van der Waals surface area (Å²) in [4.78, 5) is 30.2. The molecule has 1 atom stereocenters. The molecular formula is C26H31N3O7S. The lowest BCUT2D eigenvalue weighted by Crippen LogP contribution is -2.31. The molecular weight excluding hydrogens is 498 g/mol. The Morgan fingerprint density at radius 2 is 1.65 bits per heavy atom. The second-order valence-electron chi connectivity index (χ2n) is 7.74. The first-order valence-electron chi connectivity index (χ1n) is 11.4. The highest BCUT2D eigenvalue weighted by Crippen LogP contribution is 2.43. The first-order chi connectivity index (χ1) is 17.8. The molecule has 11 heteroatoms. The van der Waals surface area contributed by atoms with Gasteiger partial charge >= 0.3 is 5.97 Å². The quantitative estimate of drug-likeness (QED) is 0.442. The van der Waals surface area contributed by atoms with Crippen molar-refractivity contribution in [2.75, 3.05) is 46.1 Å². The van der Waals surface area contributed by atoms with Gasteiger partial charge in [-0.15, -0.1) is 0 Å². The summed E-state index contributed by atoms with van der Waals surface area (Å²) in [5.74, 6) is 1.39. The molecule has 0 saturated heterocycles. The van der Waals surface area contributed by atoms with E-state index in [1.165, 1.54) is 33.1 Å². The van der Waals surface area contributed by atoms with Gasteiger partial charge in [-0.25, -0.2) is 9.79 Å². The summed E-state index contributed by atoms with van der Waals surface area (Å²) in [7, 11) is 6.13. The summed E-state index contributed by atoms with van der Waals surface area (Å²) in [6.45, 7) is 3.73. The van der Waals surface area contributed by atoms with Crippen LogP contribution in [0.2, 0.25) is 0 Å². The molecule has 37 heavy (non-hydrogen) atoms. The van der Waals surface area contributed by atoms with Gasteiger partial charge < -0.3 is 34.3 Å². The summed E-state index contributed by atoms with van der Waals surface area (Å²) in [6, 6.07) is 9.82. The molecule has 1 heterocycles. The maximum Gasteiger partial charge on any atom is 0.338 e. The molecule has 0 bridgehead atoms. The van der Waals surface area contributed by atoms with Crippen LogP contribution < -0.4 is 29.6 Å². The molecule has 0 spiro atoms. The van der Waals surface area contributed by atoms with E-state index in [-0.39, 0.29) is 18.3 Å². The zero-order valence-electron chi connectivity index (χ0n) is 21.7. The highest BCUT2D eigenvalue weighted by Gasteiger charge is 2.32. The average molecular weight is 530 g/mol. The summed E-state index contributed by atoms with van der Waals surface area (Å²) < 4.78 is 26.8. The molecule has 2 N–H and O–H groups in total. The van der Waals surface area contributed by atoms with Crippen LogP contribution in [0.4, 0.5) is 5.69 Å². The van der Waals surface area contributed by atoms with E-state index in [0.29, 0.717) is 50.7 Å². The van der Waals surface area contributed by atoms with Crippen molar-refractivity contribution in [3.63, 3.8) is 0 Å². The Morgan fingerprint density at radius 1 is 1.00 bits per heavy atom. The number of ether oxygens (including phenoxy) is 5. The molecule has 0 fully saturated rings. The number of thioether (sulfide) groups is 1. The molecule has 0 radical (unpaired) electrons. The number of allylic oxidation sites excluding steroid dienone is 1. The van der Waals surface area contributed by atoms with Crippen molar-refractivity contribution in [2.24, 2.45) is 4.99 Å². The van der Waals surface area contributed by atoms with E-state index >= 15 is 0 Å². The lowest BCUT2D eigenvalue weighted by molar-refractivity contribution is -0.139. The maximum atomic E-state index is 12.9. The largest absolute Gasteiger partial charge is 0.497 e. The Kier molecular flexibility index (Phi) is 9.67. The standard InChI is InChI=1S/C26H31N3O7S/c1-7-36-25(31)22-15(2)27-26(37-14-21(30)28-17-8-10-18(32-3)11-9-17)29-23(22)16-12-19(33-4)24(35-6)20(13-16)34-5/h8-13,23H,7,14H2,1-6H3,(H,27,29)(H,28,30)/t23-/m0/s1. The fourth-order valence-corrected chi connectivity index (χ4v) is 4.44. The van der Waals surface area contributed by atoms with Gasteiger partial charge in [0.2, 0.25) is 11.7 Å². The molecule has 0 aliphatic carbocycles. The number of rotatable bonds is 10. The van der Waals surface area contributed by atoms with Gasteiger partial charge in [-0.3, -0.25) is 4.79 Å². The highest BCUT2D eigenvalue weighted by atomic mass is 32.2. The van der Waals surface area contributed by atoms with E-state index in [9.17, 15) is 9.59 Å². The van der Waals surface area contributed by atoms with Crippen LogP contribution in [0.25, 0.3) is 0 Å². The number of esters is 1. The second kappa shape index (κ2) is 12.9. The van der Waals surface area contributed by atoms with Crippen molar-refractivity contribution < 1.29 is 33.3 Å². The van der Waals surface area contributed by atoms with Crippen LogP contribution in [0.3, 0.4) is 0 Å². The molecule has 0 aromatic heterocycles. The smallest absolute Gasteiger partial charge is 0.338 e. The average Bonchev–Trinajstić information content (AvgIpc) is 2.91. The minimum atomic E-state index is -0.721. The first kappa shape index (κ1) is 27.7. The molecule has 1 aliphatic heterocycles. The van der Waals surface area contributed by atoms with Crippen LogP contribution in [0.5, 0.6) is 23.0 Å². The summed E-state index contributed by atoms with van der Waals surface area (Å²) >= 11 is 1.22. The molecule has 10 nitrogen and oxygen atoms in total. The van der Waals surface area contributed by atoms with Crippen molar-refractivity contribution in [3.05, 3.63) is 53.2 Å². The molecule has 0 unspecified atom stereocenters. The molecule has 1 amide bonds. The van der Waals surface area contributed by atoms with E-state index in [2.05, 4.69) is 10.6 Å². The number of anilines is 1.